The van der Waals surface area contributed by atoms with Crippen molar-refractivity contribution in [3.8, 4) is 0 Å². The van der Waals surface area contributed by atoms with Gasteiger partial charge in [-0.15, -0.1) is 0 Å². The predicted molar refractivity (Wildman–Crippen MR) is 69.8 cm³/mol. The Morgan fingerprint density at radius 2 is 2.12 bits per heavy atom. The molecule has 1 aliphatic heterocycles. The van der Waals surface area contributed by atoms with Gasteiger partial charge >= 0.3 is 18.9 Å². The fourth-order valence-electron chi connectivity index (χ4n) is 2.38. The van der Waals surface area contributed by atoms with E-state index in [-0.39, 0.29) is 42.0 Å². The SMILES string of the molecule is Fc1ccc2c(C3CCNC3)c[nH]c2c1.[AlH4-].[Li+]. The predicted octanol–water partition coefficient (Wildman–Crippen LogP) is -2.06. The quantitative estimate of drug-likeness (QED) is 0.553. The van der Waals surface area contributed by atoms with E-state index in [2.05, 4.69) is 10.3 Å². The maximum atomic E-state index is 13.0. The van der Waals surface area contributed by atoms with Gasteiger partial charge in [0.1, 0.15) is 5.82 Å². The minimum absolute atomic E-state index is 0. The van der Waals surface area contributed by atoms with Crippen LogP contribution >= 0.6 is 0 Å². The number of H-pyrrole nitrogens is 1. The molecule has 1 atom stereocenters. The summed E-state index contributed by atoms with van der Waals surface area (Å²) < 4.78 is 13.0. The molecule has 0 radical (unpaired) electrons. The average Bonchev–Trinajstić information content (AvgIpc) is 2.82. The van der Waals surface area contributed by atoms with Crippen molar-refractivity contribution in [1.82, 2.24) is 10.3 Å². The topological polar surface area (TPSA) is 27.8 Å². The van der Waals surface area contributed by atoms with Gasteiger partial charge in [0.15, 0.2) is 0 Å². The second-order valence-corrected chi connectivity index (χ2v) is 4.12. The van der Waals surface area contributed by atoms with Crippen molar-refractivity contribution in [2.75, 3.05) is 13.1 Å². The molecule has 2 nitrogen and oxygen atoms in total. The van der Waals surface area contributed by atoms with Gasteiger partial charge in [-0.2, -0.15) is 0 Å². The van der Waals surface area contributed by atoms with E-state index in [0.717, 1.165) is 24.0 Å². The molecule has 3 rings (SSSR count). The Morgan fingerprint density at radius 3 is 2.82 bits per heavy atom. The number of aromatic amines is 1. The smallest absolute Gasteiger partial charge is 0.361 e. The summed E-state index contributed by atoms with van der Waals surface area (Å²) in [6, 6.07) is 4.96. The van der Waals surface area contributed by atoms with Crippen LogP contribution < -0.4 is 24.2 Å². The Bertz CT molecular complexity index is 494. The summed E-state index contributed by atoms with van der Waals surface area (Å²) >= 11 is 0. The van der Waals surface area contributed by atoms with E-state index in [4.69, 9.17) is 0 Å². The van der Waals surface area contributed by atoms with Crippen LogP contribution in [0.5, 0.6) is 0 Å². The van der Waals surface area contributed by atoms with Gasteiger partial charge in [-0.25, -0.2) is 4.39 Å². The van der Waals surface area contributed by atoms with E-state index in [9.17, 15) is 4.39 Å². The number of hydrogen-bond acceptors (Lipinski definition) is 1. The summed E-state index contributed by atoms with van der Waals surface area (Å²) in [6.45, 7) is 2.11. The average molecular weight is 242 g/mol. The number of aromatic nitrogens is 1. The summed E-state index contributed by atoms with van der Waals surface area (Å²) in [4.78, 5) is 3.14. The molecule has 1 fully saturated rings. The molecule has 0 bridgehead atoms. The van der Waals surface area contributed by atoms with Crippen LogP contribution in [0.1, 0.15) is 17.9 Å². The van der Waals surface area contributed by atoms with E-state index in [1.165, 1.54) is 18.1 Å². The molecule has 5 heteroatoms. The van der Waals surface area contributed by atoms with Crippen molar-refractivity contribution in [1.29, 1.82) is 0 Å². The molecule has 0 saturated carbocycles. The van der Waals surface area contributed by atoms with E-state index >= 15 is 0 Å². The zero-order valence-corrected chi connectivity index (χ0v) is 9.39. The van der Waals surface area contributed by atoms with Gasteiger partial charge in [0.2, 0.25) is 0 Å². The summed E-state index contributed by atoms with van der Waals surface area (Å²) in [6.07, 6.45) is 3.19. The Hall–Kier alpha value is -0.220. The van der Waals surface area contributed by atoms with Crippen LogP contribution in [-0.2, 0) is 0 Å². The van der Waals surface area contributed by atoms with Crippen LogP contribution in [0.3, 0.4) is 0 Å². The van der Waals surface area contributed by atoms with Crippen LogP contribution in [-0.4, -0.2) is 35.4 Å². The molecule has 1 unspecified atom stereocenters. The van der Waals surface area contributed by atoms with Gasteiger partial charge < -0.3 is 10.3 Å². The molecule has 1 aromatic carbocycles. The zero-order valence-electron chi connectivity index (χ0n) is 9.39. The van der Waals surface area contributed by atoms with Crippen molar-refractivity contribution in [3.05, 3.63) is 35.8 Å². The molecule has 2 N–H and O–H groups in total. The molecule has 17 heavy (non-hydrogen) atoms. The Labute approximate surface area is 123 Å². The third-order valence-electron chi connectivity index (χ3n) is 3.18. The second kappa shape index (κ2) is 6.10. The van der Waals surface area contributed by atoms with Crippen molar-refractivity contribution in [2.24, 2.45) is 0 Å². The van der Waals surface area contributed by atoms with E-state index < -0.39 is 0 Å². The molecular weight excluding hydrogens is 225 g/mol. The molecule has 2 aromatic rings. The monoisotopic (exact) mass is 242 g/mol. The standard InChI is InChI=1S/C12H13FN2.Al.Li.4H/c13-9-1-2-10-11(7-15-12(10)5-9)8-3-4-14-6-8;;;;;;/h1-2,5,7-8,14-15H,3-4,6H2;;;;;;/q;-1;+1;;;;. The zero-order chi connectivity index (χ0) is 10.3. The van der Waals surface area contributed by atoms with Crippen molar-refractivity contribution in [2.45, 2.75) is 12.3 Å². The first-order valence-electron chi connectivity index (χ1n) is 5.32. The fraction of sp³-hybridized carbons (Fsp3) is 0.333. The first-order valence-corrected chi connectivity index (χ1v) is 5.32. The largest absolute Gasteiger partial charge is 1.00 e. The number of fused-ring (bicyclic) bond motifs is 1. The van der Waals surface area contributed by atoms with Gasteiger partial charge in [0.25, 0.3) is 0 Å². The summed E-state index contributed by atoms with van der Waals surface area (Å²) in [7, 11) is 0. The first kappa shape index (κ1) is 14.8. The van der Waals surface area contributed by atoms with E-state index in [1.807, 2.05) is 12.3 Å². The molecule has 1 aromatic heterocycles. The number of rotatable bonds is 1. The summed E-state index contributed by atoms with van der Waals surface area (Å²) in [5.74, 6) is 0.393. The van der Waals surface area contributed by atoms with Crippen LogP contribution in [0.4, 0.5) is 4.39 Å². The molecule has 2 heterocycles. The van der Waals surface area contributed by atoms with Gasteiger partial charge in [-0.1, -0.05) is 0 Å². The van der Waals surface area contributed by atoms with E-state index in [1.54, 1.807) is 6.07 Å². The van der Waals surface area contributed by atoms with Gasteiger partial charge in [-0.05, 0) is 42.6 Å². The molecular formula is C12H17AlFLiN2. The van der Waals surface area contributed by atoms with Crippen LogP contribution in [0.25, 0.3) is 10.9 Å². The normalized spacial score (nSPS) is 18.8. The third-order valence-corrected chi connectivity index (χ3v) is 3.18. The molecule has 0 spiro atoms. The van der Waals surface area contributed by atoms with Gasteiger partial charge in [0.05, 0.1) is 0 Å². The number of benzene rings is 1. The second-order valence-electron chi connectivity index (χ2n) is 4.12. The minimum atomic E-state index is -0.180. The van der Waals surface area contributed by atoms with E-state index in [0.29, 0.717) is 5.92 Å². The number of hydrogen-bond donors (Lipinski definition) is 2. The van der Waals surface area contributed by atoms with Crippen LogP contribution in [0.15, 0.2) is 24.4 Å². The van der Waals surface area contributed by atoms with Crippen LogP contribution in [0.2, 0.25) is 0 Å². The van der Waals surface area contributed by atoms with Crippen LogP contribution in [0, 0.1) is 5.82 Å². The Balaban J connectivity index is 0.000000722. The molecule has 86 valence electrons. The minimum Gasteiger partial charge on any atom is -0.361 e. The number of halogens is 1. The van der Waals surface area contributed by atoms with Gasteiger partial charge in [0, 0.05) is 41.0 Å². The van der Waals surface area contributed by atoms with Crippen molar-refractivity contribution < 1.29 is 23.3 Å². The summed E-state index contributed by atoms with van der Waals surface area (Å²) in [5.41, 5.74) is 2.21. The third kappa shape index (κ3) is 2.79. The molecule has 0 aliphatic carbocycles. The molecule has 1 aliphatic rings. The first-order chi connectivity index (χ1) is 7.34. The summed E-state index contributed by atoms with van der Waals surface area (Å²) in [5, 5.41) is 4.51. The maximum absolute atomic E-state index is 13.0. The van der Waals surface area contributed by atoms with Gasteiger partial charge in [-0.3, -0.25) is 0 Å². The molecule has 1 saturated heterocycles. The Kier molecular flexibility index (Phi) is 5.32. The van der Waals surface area contributed by atoms with Crippen molar-refractivity contribution in [3.63, 3.8) is 0 Å². The fourth-order valence-corrected chi connectivity index (χ4v) is 2.38. The maximum Gasteiger partial charge on any atom is 1.00 e. The Morgan fingerprint density at radius 1 is 1.29 bits per heavy atom. The molecule has 0 amide bonds. The number of nitrogens with one attached hydrogen (secondary N) is 2. The van der Waals surface area contributed by atoms with Crippen molar-refractivity contribution >= 4 is 28.3 Å².